The van der Waals surface area contributed by atoms with Crippen LogP contribution in [0.5, 0.6) is 5.75 Å². The van der Waals surface area contributed by atoms with Gasteiger partial charge in [0.05, 0.1) is 11.4 Å². The smallest absolute Gasteiger partial charge is 0.264 e. The third-order valence-corrected chi connectivity index (χ3v) is 5.48. The maximum atomic E-state index is 14.0. The molecule has 1 amide bonds. The summed E-state index contributed by atoms with van der Waals surface area (Å²) in [7, 11) is 0. The molecule has 1 aromatic heterocycles. The van der Waals surface area contributed by atoms with E-state index in [1.54, 1.807) is 12.1 Å². The van der Waals surface area contributed by atoms with Crippen molar-refractivity contribution in [1.29, 1.82) is 0 Å². The van der Waals surface area contributed by atoms with Gasteiger partial charge >= 0.3 is 0 Å². The highest BCUT2D eigenvalue weighted by molar-refractivity contribution is 7.17. The average molecular weight is 356 g/mol. The first kappa shape index (κ1) is 14.9. The van der Waals surface area contributed by atoms with Crippen LogP contribution in [0.3, 0.4) is 0 Å². The second-order valence-electron chi connectivity index (χ2n) is 5.66. The van der Waals surface area contributed by atoms with E-state index in [1.807, 2.05) is 0 Å². The van der Waals surface area contributed by atoms with Crippen molar-refractivity contribution in [2.75, 3.05) is 13.1 Å². The summed E-state index contributed by atoms with van der Waals surface area (Å²) in [6.45, 7) is 0.765. The van der Waals surface area contributed by atoms with Gasteiger partial charge in [-0.15, -0.1) is 11.3 Å². The summed E-state index contributed by atoms with van der Waals surface area (Å²) in [5, 5.41) is 0.277. The van der Waals surface area contributed by atoms with E-state index in [2.05, 4.69) is 0 Å². The largest absolute Gasteiger partial charge is 0.485 e. The molecule has 0 aliphatic carbocycles. The van der Waals surface area contributed by atoms with Crippen LogP contribution in [0.4, 0.5) is 8.78 Å². The molecule has 1 fully saturated rings. The normalized spacial score (nSPS) is 19.3. The first-order valence-electron chi connectivity index (χ1n) is 7.21. The number of carbonyl (C=O) groups is 1. The van der Waals surface area contributed by atoms with Crippen molar-refractivity contribution in [2.24, 2.45) is 0 Å². The lowest BCUT2D eigenvalue weighted by Crippen LogP contribution is -2.28. The van der Waals surface area contributed by atoms with E-state index >= 15 is 0 Å². The number of ether oxygens (including phenoxy) is 1. The highest BCUT2D eigenvalue weighted by atomic mass is 35.5. The van der Waals surface area contributed by atoms with Crippen LogP contribution in [0, 0.1) is 5.82 Å². The van der Waals surface area contributed by atoms with Crippen LogP contribution < -0.4 is 4.74 Å². The standard InChI is InChI=1S/C16H12ClF2NO2S/c17-9-4-11-14(12(19)5-9)22-7-8-3-13(23-15(8)11)16(21)20-2-1-10(18)6-20/h3-5,10H,1-2,6-7H2. The number of benzene rings is 1. The number of thiophene rings is 1. The quantitative estimate of drug-likeness (QED) is 0.764. The predicted molar refractivity (Wildman–Crippen MR) is 84.5 cm³/mol. The van der Waals surface area contributed by atoms with Gasteiger partial charge in [0.15, 0.2) is 11.6 Å². The Morgan fingerprint density at radius 2 is 2.22 bits per heavy atom. The van der Waals surface area contributed by atoms with Gasteiger partial charge in [0.1, 0.15) is 12.8 Å². The molecule has 3 nitrogen and oxygen atoms in total. The minimum absolute atomic E-state index is 0.134. The predicted octanol–water partition coefficient (Wildman–Crippen LogP) is 4.28. The van der Waals surface area contributed by atoms with Crippen molar-refractivity contribution in [3.05, 3.63) is 39.5 Å². The fourth-order valence-corrected chi connectivity index (χ4v) is 4.31. The molecule has 1 aromatic carbocycles. The Kier molecular flexibility index (Phi) is 3.54. The molecule has 2 aliphatic heterocycles. The van der Waals surface area contributed by atoms with Crippen LogP contribution in [0.1, 0.15) is 21.7 Å². The second-order valence-corrected chi connectivity index (χ2v) is 7.14. The molecule has 0 spiro atoms. The Labute approximate surface area is 140 Å². The minimum Gasteiger partial charge on any atom is -0.485 e. The summed E-state index contributed by atoms with van der Waals surface area (Å²) in [5.41, 5.74) is 1.38. The van der Waals surface area contributed by atoms with Gasteiger partial charge in [-0.1, -0.05) is 11.6 Å². The summed E-state index contributed by atoms with van der Waals surface area (Å²) >= 11 is 7.20. The van der Waals surface area contributed by atoms with Crippen molar-refractivity contribution < 1.29 is 18.3 Å². The number of rotatable bonds is 1. The molecule has 2 aliphatic rings. The van der Waals surface area contributed by atoms with E-state index in [1.165, 1.54) is 22.3 Å². The maximum absolute atomic E-state index is 14.0. The molecular formula is C16H12ClF2NO2S. The van der Waals surface area contributed by atoms with Crippen molar-refractivity contribution in [3.63, 3.8) is 0 Å². The number of nitrogens with zero attached hydrogens (tertiary/aromatic N) is 1. The molecule has 1 unspecified atom stereocenters. The van der Waals surface area contributed by atoms with Crippen LogP contribution in [0.25, 0.3) is 10.4 Å². The lowest BCUT2D eigenvalue weighted by molar-refractivity contribution is 0.0787. The molecule has 0 saturated carbocycles. The third kappa shape index (κ3) is 2.50. The van der Waals surface area contributed by atoms with Gasteiger partial charge in [0.25, 0.3) is 5.91 Å². The van der Waals surface area contributed by atoms with Crippen LogP contribution in [-0.2, 0) is 6.61 Å². The lowest BCUT2D eigenvalue weighted by Gasteiger charge is -2.18. The monoisotopic (exact) mass is 355 g/mol. The average Bonchev–Trinajstić information content (AvgIpc) is 3.12. The third-order valence-electron chi connectivity index (χ3n) is 4.06. The number of hydrogen-bond acceptors (Lipinski definition) is 3. The Hall–Kier alpha value is -1.66. The van der Waals surface area contributed by atoms with Crippen molar-refractivity contribution >= 4 is 28.8 Å². The van der Waals surface area contributed by atoms with Gasteiger partial charge in [0.2, 0.25) is 0 Å². The molecule has 1 saturated heterocycles. The molecule has 0 bridgehead atoms. The summed E-state index contributed by atoms with van der Waals surface area (Å²) in [6, 6.07) is 4.59. The molecule has 120 valence electrons. The van der Waals surface area contributed by atoms with E-state index in [4.69, 9.17) is 16.3 Å². The fourth-order valence-electron chi connectivity index (χ4n) is 2.95. The van der Waals surface area contributed by atoms with Crippen molar-refractivity contribution in [3.8, 4) is 16.2 Å². The van der Waals surface area contributed by atoms with E-state index in [0.717, 1.165) is 10.4 Å². The first-order chi connectivity index (χ1) is 11.0. The van der Waals surface area contributed by atoms with Crippen molar-refractivity contribution in [2.45, 2.75) is 19.2 Å². The zero-order valence-corrected chi connectivity index (χ0v) is 13.5. The Morgan fingerprint density at radius 1 is 1.39 bits per heavy atom. The first-order valence-corrected chi connectivity index (χ1v) is 8.40. The highest BCUT2D eigenvalue weighted by Crippen LogP contribution is 2.45. The topological polar surface area (TPSA) is 29.5 Å². The van der Waals surface area contributed by atoms with Gasteiger partial charge in [-0.05, 0) is 24.6 Å². The molecule has 4 rings (SSSR count). The minimum atomic E-state index is -0.953. The summed E-state index contributed by atoms with van der Waals surface area (Å²) in [4.78, 5) is 15.3. The maximum Gasteiger partial charge on any atom is 0.264 e. The van der Waals surface area contributed by atoms with Crippen LogP contribution in [0.2, 0.25) is 5.02 Å². The van der Waals surface area contributed by atoms with Gasteiger partial charge in [-0.2, -0.15) is 0 Å². The molecule has 0 radical (unpaired) electrons. The Morgan fingerprint density at radius 3 is 2.96 bits per heavy atom. The second kappa shape index (κ2) is 5.46. The number of halogens is 3. The van der Waals surface area contributed by atoms with E-state index in [-0.39, 0.29) is 29.8 Å². The zero-order chi connectivity index (χ0) is 16.1. The SMILES string of the molecule is O=C(c1cc2c(s1)-c1cc(Cl)cc(F)c1OC2)N1CCC(F)C1. The van der Waals surface area contributed by atoms with Crippen LogP contribution in [-0.4, -0.2) is 30.1 Å². The molecule has 1 atom stereocenters. The van der Waals surface area contributed by atoms with E-state index in [9.17, 15) is 13.6 Å². The molecule has 23 heavy (non-hydrogen) atoms. The Balaban J connectivity index is 1.73. The number of hydrogen-bond donors (Lipinski definition) is 0. The highest BCUT2D eigenvalue weighted by Gasteiger charge is 2.30. The molecular weight excluding hydrogens is 344 g/mol. The number of carbonyl (C=O) groups excluding carboxylic acids is 1. The van der Waals surface area contributed by atoms with E-state index < -0.39 is 12.0 Å². The van der Waals surface area contributed by atoms with Crippen LogP contribution >= 0.6 is 22.9 Å². The van der Waals surface area contributed by atoms with Gasteiger partial charge < -0.3 is 9.64 Å². The Bertz CT molecular complexity index is 808. The van der Waals surface area contributed by atoms with Crippen molar-refractivity contribution in [1.82, 2.24) is 4.90 Å². The fraction of sp³-hybridized carbons (Fsp3) is 0.312. The summed E-state index contributed by atoms with van der Waals surface area (Å²) < 4.78 is 32.7. The summed E-state index contributed by atoms with van der Waals surface area (Å²) in [6.07, 6.45) is -0.575. The van der Waals surface area contributed by atoms with Gasteiger partial charge in [-0.3, -0.25) is 4.79 Å². The number of alkyl halides is 1. The summed E-state index contributed by atoms with van der Waals surface area (Å²) in [5.74, 6) is -0.541. The van der Waals surface area contributed by atoms with Crippen LogP contribution in [0.15, 0.2) is 18.2 Å². The molecule has 3 heterocycles. The molecule has 0 N–H and O–H groups in total. The van der Waals surface area contributed by atoms with Gasteiger partial charge in [0, 0.05) is 27.6 Å². The molecule has 2 aromatic rings. The zero-order valence-electron chi connectivity index (χ0n) is 11.9. The van der Waals surface area contributed by atoms with Gasteiger partial charge in [-0.25, -0.2) is 8.78 Å². The lowest BCUT2D eigenvalue weighted by atomic mass is 10.1. The number of fused-ring (bicyclic) bond motifs is 3. The number of amides is 1. The van der Waals surface area contributed by atoms with E-state index in [0.29, 0.717) is 23.4 Å². The number of likely N-dealkylation sites (tertiary alicyclic amines) is 1. The molecule has 7 heteroatoms.